The average Bonchev–Trinajstić information content (AvgIpc) is 3.96. The van der Waals surface area contributed by atoms with E-state index < -0.39 is 47.7 Å². The van der Waals surface area contributed by atoms with Gasteiger partial charge in [-0.05, 0) is 117 Å². The predicted octanol–water partition coefficient (Wildman–Crippen LogP) is 10.4. The molecule has 8 aromatic rings. The number of hydrogen-bond acceptors (Lipinski definition) is 12. The minimum Gasteiger partial charge on any atom is -0.508 e. The summed E-state index contributed by atoms with van der Waals surface area (Å²) in [5, 5.41) is 112. The molecule has 10 N–H and O–H groups in total. The highest BCUT2D eigenvalue weighted by molar-refractivity contribution is 5.74. The Labute approximate surface area is 388 Å². The average molecular weight is 907 g/mol. The van der Waals surface area contributed by atoms with E-state index in [1.54, 1.807) is 103 Å². The topological polar surface area (TPSA) is 221 Å². The molecular formula is C56H42O12. The van der Waals surface area contributed by atoms with Crippen molar-refractivity contribution in [1.29, 1.82) is 0 Å². The quantitative estimate of drug-likeness (QED) is 0.0753. The Morgan fingerprint density at radius 1 is 0.265 bits per heavy atom. The third-order valence-electron chi connectivity index (χ3n) is 14.4. The molecule has 0 amide bonds. The fourth-order valence-electron chi connectivity index (χ4n) is 12.0. The summed E-state index contributed by atoms with van der Waals surface area (Å²) in [4.78, 5) is 0. The first-order chi connectivity index (χ1) is 32.8. The lowest BCUT2D eigenvalue weighted by atomic mass is 9.68. The lowest BCUT2D eigenvalue weighted by Gasteiger charge is -2.35. The first-order valence-electron chi connectivity index (χ1n) is 22.2. The molecule has 0 radical (unpaired) electrons. The molecule has 68 heavy (non-hydrogen) atoms. The number of aromatic hydroxyl groups is 10. The molecule has 0 aromatic heterocycles. The van der Waals surface area contributed by atoms with Crippen molar-refractivity contribution in [2.75, 3.05) is 0 Å². The van der Waals surface area contributed by atoms with E-state index in [1.165, 1.54) is 30.3 Å². The normalized spacial score (nSPS) is 22.6. The lowest BCUT2D eigenvalue weighted by molar-refractivity contribution is 0.221. The van der Waals surface area contributed by atoms with E-state index in [-0.39, 0.29) is 57.5 Å². The molecule has 2 heterocycles. The van der Waals surface area contributed by atoms with Crippen LogP contribution in [0, 0.1) is 0 Å². The summed E-state index contributed by atoms with van der Waals surface area (Å²) in [5.41, 5.74) is 7.26. The van der Waals surface area contributed by atoms with Crippen LogP contribution >= 0.6 is 0 Å². The minimum absolute atomic E-state index is 0.0105. The van der Waals surface area contributed by atoms with Crippen LogP contribution in [0.25, 0.3) is 0 Å². The summed E-state index contributed by atoms with van der Waals surface area (Å²) in [7, 11) is 0. The van der Waals surface area contributed by atoms with Crippen molar-refractivity contribution in [3.05, 3.63) is 212 Å². The van der Waals surface area contributed by atoms with Gasteiger partial charge in [0, 0.05) is 70.2 Å². The zero-order valence-electron chi connectivity index (χ0n) is 35.8. The van der Waals surface area contributed by atoms with E-state index in [4.69, 9.17) is 9.47 Å². The Kier molecular flexibility index (Phi) is 8.97. The standard InChI is InChI=1S/C56H42O12/c57-30-9-1-25(2-10-30)44-47-38(20-36(63)22-40(47)65)50-52-43(68-56(50)28-7-15-33(60)16-8-28)24-41(66)51-49(45(53(44)54(51)52)26-3-11-31(58)12-4-26)39-21-37(64)23-42-48(39)46(29-17-34(61)19-35(62)18-29)55(67-42)27-5-13-32(59)14-6-27/h1-24,44-46,49-50,53,55-66H/t44-,45-,46+,49-,50+,53-,55-,56-/m0/s1. The van der Waals surface area contributed by atoms with Gasteiger partial charge in [0.05, 0.1) is 11.8 Å². The van der Waals surface area contributed by atoms with Crippen LogP contribution in [-0.4, -0.2) is 51.1 Å². The van der Waals surface area contributed by atoms with Crippen LogP contribution in [0.2, 0.25) is 0 Å². The fourth-order valence-corrected chi connectivity index (χ4v) is 12.0. The van der Waals surface area contributed by atoms with E-state index in [2.05, 4.69) is 0 Å². The second-order valence-corrected chi connectivity index (χ2v) is 18.2. The molecule has 2 aliphatic heterocycles. The second-order valence-electron chi connectivity index (χ2n) is 18.2. The Morgan fingerprint density at radius 2 is 0.706 bits per heavy atom. The van der Waals surface area contributed by atoms with Gasteiger partial charge in [0.1, 0.15) is 81.2 Å². The Hall–Kier alpha value is -8.64. The van der Waals surface area contributed by atoms with Crippen LogP contribution < -0.4 is 9.47 Å². The van der Waals surface area contributed by atoms with Gasteiger partial charge in [0.25, 0.3) is 0 Å². The monoisotopic (exact) mass is 906 g/mol. The summed E-state index contributed by atoms with van der Waals surface area (Å²) in [6, 6.07) is 38.6. The van der Waals surface area contributed by atoms with Gasteiger partial charge in [-0.15, -0.1) is 0 Å². The molecule has 8 atom stereocenters. The van der Waals surface area contributed by atoms with Crippen molar-refractivity contribution in [2.45, 2.75) is 47.7 Å². The molecule has 2 aliphatic carbocycles. The maximum absolute atomic E-state index is 12.8. The SMILES string of the molecule is Oc1ccc([C@H]2c3c(O)cc(O)cc3[C@@H]3c4c(cc(O)c5c4[C@@H]2[C@@H](c2ccc(O)cc2)[C@@H]5c2cc(O)cc4c2[C@@H](c2cc(O)cc(O)c2)[C@H](c2ccc(O)cc2)O4)O[C@H]3c2ccc(O)cc2)cc1. The molecular weight excluding hydrogens is 865 g/mol. The number of hydrogen-bond donors (Lipinski definition) is 10. The highest BCUT2D eigenvalue weighted by atomic mass is 16.5. The first-order valence-corrected chi connectivity index (χ1v) is 22.2. The summed E-state index contributed by atoms with van der Waals surface area (Å²) < 4.78 is 13.7. The number of rotatable bonds is 6. The molecule has 0 saturated carbocycles. The van der Waals surface area contributed by atoms with Gasteiger partial charge >= 0.3 is 0 Å². The summed E-state index contributed by atoms with van der Waals surface area (Å²) in [6.45, 7) is 0. The van der Waals surface area contributed by atoms with Crippen molar-refractivity contribution in [1.82, 2.24) is 0 Å². The Morgan fingerprint density at radius 3 is 1.26 bits per heavy atom. The van der Waals surface area contributed by atoms with E-state index in [0.717, 1.165) is 5.56 Å². The largest absolute Gasteiger partial charge is 0.508 e. The molecule has 338 valence electrons. The number of phenolic OH excluding ortho intramolecular Hbond substituents is 10. The highest BCUT2D eigenvalue weighted by Crippen LogP contribution is 2.72. The highest BCUT2D eigenvalue weighted by Gasteiger charge is 2.57. The van der Waals surface area contributed by atoms with Crippen LogP contribution in [0.1, 0.15) is 114 Å². The van der Waals surface area contributed by atoms with Crippen molar-refractivity contribution >= 4 is 0 Å². The van der Waals surface area contributed by atoms with Gasteiger partial charge in [0.15, 0.2) is 0 Å². The summed E-state index contributed by atoms with van der Waals surface area (Å²) in [5.74, 6) is -4.72. The minimum atomic E-state index is -0.838. The molecule has 8 aromatic carbocycles. The maximum atomic E-state index is 12.8. The fraction of sp³-hybridized carbons (Fsp3) is 0.143. The van der Waals surface area contributed by atoms with E-state index >= 15 is 0 Å². The number of fused-ring (bicyclic) bond motifs is 3. The van der Waals surface area contributed by atoms with Crippen molar-refractivity contribution in [2.24, 2.45) is 0 Å². The van der Waals surface area contributed by atoms with Crippen molar-refractivity contribution in [3.8, 4) is 69.0 Å². The van der Waals surface area contributed by atoms with Gasteiger partial charge in [0.2, 0.25) is 0 Å². The molecule has 4 aliphatic rings. The van der Waals surface area contributed by atoms with Gasteiger partial charge in [-0.1, -0.05) is 48.5 Å². The van der Waals surface area contributed by atoms with Gasteiger partial charge in [-0.3, -0.25) is 0 Å². The summed E-state index contributed by atoms with van der Waals surface area (Å²) in [6.07, 6.45) is -1.59. The number of phenols is 10. The van der Waals surface area contributed by atoms with Crippen LogP contribution in [0.15, 0.2) is 146 Å². The molecule has 12 nitrogen and oxygen atoms in total. The maximum Gasteiger partial charge on any atom is 0.135 e. The van der Waals surface area contributed by atoms with Gasteiger partial charge < -0.3 is 60.5 Å². The van der Waals surface area contributed by atoms with E-state index in [9.17, 15) is 51.1 Å². The molecule has 0 fully saturated rings. The second kappa shape index (κ2) is 14.9. The van der Waals surface area contributed by atoms with E-state index in [0.29, 0.717) is 72.7 Å². The smallest absolute Gasteiger partial charge is 0.135 e. The Balaban J connectivity index is 1.20. The molecule has 0 bridgehead atoms. The zero-order valence-corrected chi connectivity index (χ0v) is 35.8. The summed E-state index contributed by atoms with van der Waals surface area (Å²) >= 11 is 0. The van der Waals surface area contributed by atoms with Crippen LogP contribution in [0.3, 0.4) is 0 Å². The van der Waals surface area contributed by atoms with Gasteiger partial charge in [-0.25, -0.2) is 0 Å². The Bertz CT molecular complexity index is 3310. The first kappa shape index (κ1) is 40.8. The van der Waals surface area contributed by atoms with E-state index in [1.807, 2.05) is 12.1 Å². The molecule has 0 unspecified atom stereocenters. The molecule has 12 rings (SSSR count). The zero-order chi connectivity index (χ0) is 46.9. The van der Waals surface area contributed by atoms with Crippen LogP contribution in [0.4, 0.5) is 0 Å². The van der Waals surface area contributed by atoms with Crippen molar-refractivity contribution in [3.63, 3.8) is 0 Å². The van der Waals surface area contributed by atoms with Gasteiger partial charge in [-0.2, -0.15) is 0 Å². The predicted molar refractivity (Wildman–Crippen MR) is 248 cm³/mol. The number of benzene rings is 8. The molecule has 0 spiro atoms. The van der Waals surface area contributed by atoms with Crippen molar-refractivity contribution < 1.29 is 60.5 Å². The molecule has 0 saturated heterocycles. The third kappa shape index (κ3) is 6.20. The third-order valence-corrected chi connectivity index (χ3v) is 14.4. The van der Waals surface area contributed by atoms with Crippen LogP contribution in [-0.2, 0) is 0 Å². The molecule has 12 heteroatoms. The lowest BCUT2D eigenvalue weighted by Crippen LogP contribution is -2.21. The van der Waals surface area contributed by atoms with Crippen LogP contribution in [0.5, 0.6) is 69.0 Å². The number of ether oxygens (including phenoxy) is 2.